The Hall–Kier alpha value is -6.02. The van der Waals surface area contributed by atoms with E-state index in [4.69, 9.17) is 18.9 Å². The van der Waals surface area contributed by atoms with Crippen molar-refractivity contribution >= 4 is 42.2 Å². The smallest absolute Gasteiger partial charge is 0.264 e. The molecule has 0 fully saturated rings. The Morgan fingerprint density at radius 1 is 0.560 bits per heavy atom. The minimum absolute atomic E-state index is 0.0710. The van der Waals surface area contributed by atoms with E-state index in [1.807, 2.05) is 0 Å². The lowest BCUT2D eigenvalue weighted by Gasteiger charge is -2.29. The van der Waals surface area contributed by atoms with Gasteiger partial charge in [-0.05, 0) is 36.4 Å². The van der Waals surface area contributed by atoms with Gasteiger partial charge in [-0.15, -0.1) is 20.4 Å². The van der Waals surface area contributed by atoms with Crippen LogP contribution in [0.4, 0.5) is 11.4 Å². The average Bonchev–Trinajstić information content (AvgIpc) is 3.87. The number of benzene rings is 4. The van der Waals surface area contributed by atoms with Crippen molar-refractivity contribution in [1.29, 1.82) is 0 Å². The van der Waals surface area contributed by atoms with Gasteiger partial charge in [0.2, 0.25) is 0 Å². The summed E-state index contributed by atoms with van der Waals surface area (Å²) in [6.07, 6.45) is 0. The zero-order valence-corrected chi connectivity index (χ0v) is 27.5. The number of nitrogens with one attached hydrogen (secondary N) is 2. The summed E-state index contributed by atoms with van der Waals surface area (Å²) in [5.74, 6) is 1.63. The van der Waals surface area contributed by atoms with Crippen molar-refractivity contribution < 1.29 is 35.8 Å². The van der Waals surface area contributed by atoms with Crippen LogP contribution >= 0.6 is 0 Å². The van der Waals surface area contributed by atoms with Gasteiger partial charge in [0, 0.05) is 22.9 Å². The molecule has 20 heteroatoms. The van der Waals surface area contributed by atoms with Gasteiger partial charge in [-0.3, -0.25) is 8.61 Å². The molecular formula is C30H26N10O8S2. The largest absolute Gasteiger partial charge is 0.486 e. The molecule has 50 heavy (non-hydrogen) atoms. The number of rotatable bonds is 10. The fourth-order valence-electron chi connectivity index (χ4n) is 5.68. The highest BCUT2D eigenvalue weighted by Gasteiger charge is 2.33. The quantitative estimate of drug-likeness (QED) is 0.207. The van der Waals surface area contributed by atoms with E-state index in [2.05, 4.69) is 41.2 Å². The molecule has 18 nitrogen and oxygen atoms in total. The van der Waals surface area contributed by atoms with Gasteiger partial charge in [0.1, 0.15) is 26.4 Å². The highest BCUT2D eigenvalue weighted by molar-refractivity contribution is 7.93. The lowest BCUT2D eigenvalue weighted by atomic mass is 10.1. The van der Waals surface area contributed by atoms with E-state index in [0.717, 1.165) is 8.61 Å². The summed E-state index contributed by atoms with van der Waals surface area (Å²) in [4.78, 5) is -0.142. The van der Waals surface area contributed by atoms with E-state index in [-0.39, 0.29) is 59.1 Å². The van der Waals surface area contributed by atoms with E-state index in [9.17, 15) is 16.8 Å². The molecule has 2 aromatic heterocycles. The molecule has 256 valence electrons. The first-order valence-electron chi connectivity index (χ1n) is 15.1. The van der Waals surface area contributed by atoms with E-state index >= 15 is 0 Å². The summed E-state index contributed by atoms with van der Waals surface area (Å²) in [5.41, 5.74) is 0.445. The minimum atomic E-state index is -4.32. The molecule has 0 unspecified atom stereocenters. The Morgan fingerprint density at radius 3 is 1.38 bits per heavy atom. The molecule has 0 radical (unpaired) electrons. The molecular weight excluding hydrogens is 693 g/mol. The van der Waals surface area contributed by atoms with E-state index in [1.165, 1.54) is 48.5 Å². The van der Waals surface area contributed by atoms with Crippen molar-refractivity contribution in [1.82, 2.24) is 41.2 Å². The Morgan fingerprint density at radius 2 is 0.980 bits per heavy atom. The Balaban J connectivity index is 1.28. The number of aromatic amines is 2. The second-order valence-corrected chi connectivity index (χ2v) is 14.7. The summed E-state index contributed by atoms with van der Waals surface area (Å²) in [6.45, 7) is 0.609. The number of fused-ring (bicyclic) bond motifs is 3. The summed E-state index contributed by atoms with van der Waals surface area (Å²) in [7, 11) is -8.65. The molecule has 0 bridgehead atoms. The van der Waals surface area contributed by atoms with Crippen molar-refractivity contribution in [2.75, 3.05) is 35.0 Å². The number of nitrogens with zero attached hydrogens (tertiary/aromatic N) is 8. The molecule has 6 aromatic rings. The molecule has 4 heterocycles. The van der Waals surface area contributed by atoms with Gasteiger partial charge in [-0.1, -0.05) is 34.7 Å². The molecule has 0 saturated carbocycles. The number of H-pyrrole nitrogens is 2. The standard InChI is InChI=1S/C30H26N10O8S2/c41-49(42,19-5-9-25-27(15-19)47-13-11-45-25)39(17-29-31-35-36-32-29)23-7-8-24(22-4-2-1-3-21(22)23)40(18-30-33-37-38-34-30)50(43,44)20-6-10-26-28(16-20)48-14-12-46-26/h1-10,15-16H,11-14,17-18H2,(H,31,32,35,36)(H,33,34,37,38). The number of hydrogen-bond acceptors (Lipinski definition) is 14. The number of ether oxygens (including phenoxy) is 4. The molecule has 2 aliphatic heterocycles. The van der Waals surface area contributed by atoms with E-state index in [0.29, 0.717) is 47.0 Å². The number of anilines is 2. The van der Waals surface area contributed by atoms with Crippen LogP contribution in [0.1, 0.15) is 11.6 Å². The Labute approximate surface area is 284 Å². The van der Waals surface area contributed by atoms with Gasteiger partial charge in [0.25, 0.3) is 20.0 Å². The third-order valence-corrected chi connectivity index (χ3v) is 11.5. The van der Waals surface area contributed by atoms with E-state index < -0.39 is 20.0 Å². The topological polar surface area (TPSA) is 221 Å². The van der Waals surface area contributed by atoms with Crippen LogP contribution in [0.15, 0.2) is 82.6 Å². The highest BCUT2D eigenvalue weighted by atomic mass is 32.2. The molecule has 4 aromatic carbocycles. The predicted octanol–water partition coefficient (Wildman–Crippen LogP) is 2.20. The Bertz CT molecular complexity index is 2240. The van der Waals surface area contributed by atoms with Crippen LogP contribution in [0, 0.1) is 0 Å². The minimum Gasteiger partial charge on any atom is -0.486 e. The maximum absolute atomic E-state index is 14.5. The lowest BCUT2D eigenvalue weighted by molar-refractivity contribution is 0.171. The van der Waals surface area contributed by atoms with Crippen LogP contribution in [-0.4, -0.2) is 84.5 Å². The van der Waals surface area contributed by atoms with Crippen molar-refractivity contribution in [2.24, 2.45) is 0 Å². The fourth-order valence-corrected chi connectivity index (χ4v) is 8.59. The van der Waals surface area contributed by atoms with Gasteiger partial charge in [0.15, 0.2) is 34.6 Å². The first-order chi connectivity index (χ1) is 24.3. The van der Waals surface area contributed by atoms with Crippen LogP contribution < -0.4 is 27.6 Å². The molecule has 0 aliphatic carbocycles. The Kier molecular flexibility index (Phi) is 7.79. The molecule has 0 atom stereocenters. The summed E-state index contributed by atoms with van der Waals surface area (Å²) in [6, 6.07) is 18.6. The summed E-state index contributed by atoms with van der Waals surface area (Å²) < 4.78 is 82.6. The van der Waals surface area contributed by atoms with Crippen molar-refractivity contribution in [3.05, 3.63) is 84.4 Å². The SMILES string of the molecule is O=S(=O)(c1ccc2c(c1)OCCO2)N(Cc1nn[nH]n1)c1ccc(N(Cc2nn[nH]n2)S(=O)(=O)c2ccc3c(c2)OCCO3)c2ccccc12. The van der Waals surface area contributed by atoms with Crippen molar-refractivity contribution in [3.63, 3.8) is 0 Å². The monoisotopic (exact) mass is 718 g/mol. The second-order valence-electron chi connectivity index (χ2n) is 10.9. The van der Waals surface area contributed by atoms with Crippen LogP contribution in [0.25, 0.3) is 10.8 Å². The van der Waals surface area contributed by atoms with Crippen LogP contribution in [-0.2, 0) is 33.1 Å². The van der Waals surface area contributed by atoms with Crippen molar-refractivity contribution in [2.45, 2.75) is 22.9 Å². The number of aromatic nitrogens is 8. The number of tetrazole rings is 2. The molecule has 2 aliphatic rings. The zero-order chi connectivity index (χ0) is 34.3. The van der Waals surface area contributed by atoms with Gasteiger partial charge in [-0.2, -0.15) is 10.4 Å². The molecule has 0 saturated heterocycles. The molecule has 0 amide bonds. The first-order valence-corrected chi connectivity index (χ1v) is 18.0. The number of hydrogen-bond donors (Lipinski definition) is 2. The van der Waals surface area contributed by atoms with Gasteiger partial charge < -0.3 is 18.9 Å². The normalized spacial score (nSPS) is 14.0. The van der Waals surface area contributed by atoms with Gasteiger partial charge in [0.05, 0.1) is 34.3 Å². The third-order valence-electron chi connectivity index (χ3n) is 7.97. The van der Waals surface area contributed by atoms with Crippen LogP contribution in [0.3, 0.4) is 0 Å². The maximum Gasteiger partial charge on any atom is 0.264 e. The molecule has 2 N–H and O–H groups in total. The summed E-state index contributed by atoms with van der Waals surface area (Å²) >= 11 is 0. The number of sulfonamides is 2. The lowest BCUT2D eigenvalue weighted by Crippen LogP contribution is -2.33. The highest BCUT2D eigenvalue weighted by Crippen LogP contribution is 2.41. The zero-order valence-electron chi connectivity index (χ0n) is 25.8. The fraction of sp³-hybridized carbons (Fsp3) is 0.200. The molecule has 8 rings (SSSR count). The maximum atomic E-state index is 14.5. The van der Waals surface area contributed by atoms with E-state index in [1.54, 1.807) is 24.3 Å². The van der Waals surface area contributed by atoms with Crippen LogP contribution in [0.2, 0.25) is 0 Å². The second kappa shape index (κ2) is 12.5. The average molecular weight is 719 g/mol. The van der Waals surface area contributed by atoms with Gasteiger partial charge >= 0.3 is 0 Å². The van der Waals surface area contributed by atoms with Crippen LogP contribution in [0.5, 0.6) is 23.0 Å². The third kappa shape index (κ3) is 5.62. The molecule has 0 spiro atoms. The predicted molar refractivity (Wildman–Crippen MR) is 174 cm³/mol. The summed E-state index contributed by atoms with van der Waals surface area (Å²) in [5, 5.41) is 28.7. The van der Waals surface area contributed by atoms with Gasteiger partial charge in [-0.25, -0.2) is 16.8 Å². The first kappa shape index (κ1) is 31.3. The van der Waals surface area contributed by atoms with Crippen molar-refractivity contribution in [3.8, 4) is 23.0 Å².